The van der Waals surface area contributed by atoms with Gasteiger partial charge in [-0.25, -0.2) is 0 Å². The summed E-state index contributed by atoms with van der Waals surface area (Å²) in [5.74, 6) is 1.65. The van der Waals surface area contributed by atoms with E-state index in [2.05, 4.69) is 63.0 Å². The van der Waals surface area contributed by atoms with Gasteiger partial charge in [-0.05, 0) is 74.6 Å². The lowest BCUT2D eigenvalue weighted by molar-refractivity contribution is 0.181. The Morgan fingerprint density at radius 3 is 2.73 bits per heavy atom. The van der Waals surface area contributed by atoms with Crippen molar-refractivity contribution in [2.45, 2.75) is 37.8 Å². The van der Waals surface area contributed by atoms with E-state index in [0.717, 1.165) is 38.3 Å². The van der Waals surface area contributed by atoms with Gasteiger partial charge < -0.3 is 10.1 Å². The van der Waals surface area contributed by atoms with Crippen molar-refractivity contribution in [1.29, 1.82) is 0 Å². The number of nitrogens with zero attached hydrogens (tertiary/aromatic N) is 2. The Kier molecular flexibility index (Phi) is 7.51. The number of para-hydroxylation sites is 1. The summed E-state index contributed by atoms with van der Waals surface area (Å²) < 4.78 is 6.56. The molecule has 158 valence electrons. The van der Waals surface area contributed by atoms with E-state index in [9.17, 15) is 0 Å². The summed E-state index contributed by atoms with van der Waals surface area (Å²) in [5, 5.41) is 5.38. The molecule has 3 heterocycles. The predicted molar refractivity (Wildman–Crippen MR) is 124 cm³/mol. The monoisotopic (exact) mass is 421 g/mol. The quantitative estimate of drug-likeness (QED) is 0.512. The maximum Gasteiger partial charge on any atom is 0.134 e. The van der Waals surface area contributed by atoms with Gasteiger partial charge in [0.25, 0.3) is 0 Å². The van der Waals surface area contributed by atoms with Crippen molar-refractivity contribution in [3.63, 3.8) is 0 Å². The topological polar surface area (TPSA) is 37.4 Å². The van der Waals surface area contributed by atoms with Crippen molar-refractivity contribution in [3.05, 3.63) is 82.3 Å². The highest BCUT2D eigenvalue weighted by molar-refractivity contribution is 7.10. The van der Waals surface area contributed by atoms with Crippen molar-refractivity contribution in [3.8, 4) is 5.75 Å². The van der Waals surface area contributed by atoms with E-state index in [1.54, 1.807) is 11.3 Å². The molecule has 2 aromatic heterocycles. The number of likely N-dealkylation sites (tertiary alicyclic amines) is 1. The van der Waals surface area contributed by atoms with Crippen molar-refractivity contribution in [2.24, 2.45) is 0 Å². The zero-order valence-corrected chi connectivity index (χ0v) is 18.5. The van der Waals surface area contributed by atoms with Crippen LogP contribution in [0.2, 0.25) is 0 Å². The van der Waals surface area contributed by atoms with E-state index >= 15 is 0 Å². The number of piperidine rings is 1. The highest BCUT2D eigenvalue weighted by atomic mass is 32.1. The fourth-order valence-corrected chi connectivity index (χ4v) is 4.98. The minimum Gasteiger partial charge on any atom is -0.485 e. The Hall–Kier alpha value is -2.21. The number of benzene rings is 1. The standard InChI is InChI=1S/C25H31N3OS/c1-26-14-10-24(25-9-5-17-30-25)29-23-8-3-2-6-22(23)19-28-15-11-20(12-16-28)21-7-4-13-27-18-21/h2-9,13,17-18,20,24,26H,10-12,14-16,19H2,1H3. The number of pyridine rings is 1. The highest BCUT2D eigenvalue weighted by Gasteiger charge is 2.22. The van der Waals surface area contributed by atoms with Gasteiger partial charge in [-0.2, -0.15) is 0 Å². The van der Waals surface area contributed by atoms with Crippen LogP contribution >= 0.6 is 11.3 Å². The van der Waals surface area contributed by atoms with Gasteiger partial charge in [-0.15, -0.1) is 11.3 Å². The third-order valence-corrected chi connectivity index (χ3v) is 6.86. The molecule has 4 nitrogen and oxygen atoms in total. The Balaban J connectivity index is 1.40. The van der Waals surface area contributed by atoms with E-state index in [0.29, 0.717) is 5.92 Å². The SMILES string of the molecule is CNCCC(Oc1ccccc1CN1CCC(c2cccnc2)CC1)c1cccs1. The molecule has 4 rings (SSSR count). The van der Waals surface area contributed by atoms with Crippen LogP contribution in [0.15, 0.2) is 66.3 Å². The summed E-state index contributed by atoms with van der Waals surface area (Å²) in [7, 11) is 1.99. The lowest BCUT2D eigenvalue weighted by Gasteiger charge is -2.32. The molecule has 1 atom stereocenters. The molecule has 30 heavy (non-hydrogen) atoms. The molecule has 0 amide bonds. The van der Waals surface area contributed by atoms with E-state index in [1.165, 1.54) is 28.8 Å². The van der Waals surface area contributed by atoms with Gasteiger partial charge in [0.05, 0.1) is 0 Å². The largest absolute Gasteiger partial charge is 0.485 e. The van der Waals surface area contributed by atoms with Crippen LogP contribution in [0, 0.1) is 0 Å². The predicted octanol–water partition coefficient (Wildman–Crippen LogP) is 5.25. The molecule has 0 aliphatic carbocycles. The lowest BCUT2D eigenvalue weighted by Crippen LogP contribution is -2.32. The Morgan fingerprint density at radius 1 is 1.13 bits per heavy atom. The summed E-state index contributed by atoms with van der Waals surface area (Å²) in [6, 6.07) is 17.1. The van der Waals surface area contributed by atoms with Gasteiger partial charge in [0.1, 0.15) is 11.9 Å². The first-order valence-corrected chi connectivity index (χ1v) is 11.8. The van der Waals surface area contributed by atoms with Crippen molar-refractivity contribution in [1.82, 2.24) is 15.2 Å². The van der Waals surface area contributed by atoms with Crippen LogP contribution in [0.5, 0.6) is 5.75 Å². The number of thiophene rings is 1. The average Bonchev–Trinajstić information content (AvgIpc) is 3.34. The van der Waals surface area contributed by atoms with Crippen molar-refractivity contribution >= 4 is 11.3 Å². The van der Waals surface area contributed by atoms with Crippen LogP contribution in [-0.4, -0.2) is 36.6 Å². The highest BCUT2D eigenvalue weighted by Crippen LogP contribution is 2.32. The minimum atomic E-state index is 0.0925. The van der Waals surface area contributed by atoms with Crippen molar-refractivity contribution in [2.75, 3.05) is 26.7 Å². The molecule has 3 aromatic rings. The Morgan fingerprint density at radius 2 is 2.00 bits per heavy atom. The van der Waals surface area contributed by atoms with Crippen molar-refractivity contribution < 1.29 is 4.74 Å². The first-order valence-electron chi connectivity index (χ1n) is 10.9. The molecule has 5 heteroatoms. The molecule has 1 unspecified atom stereocenters. The molecular weight excluding hydrogens is 390 g/mol. The van der Waals surface area contributed by atoms with Gasteiger partial charge in [-0.1, -0.05) is 30.3 Å². The van der Waals surface area contributed by atoms with Crippen LogP contribution in [0.1, 0.15) is 47.3 Å². The third-order valence-electron chi connectivity index (χ3n) is 5.90. The maximum atomic E-state index is 6.56. The van der Waals surface area contributed by atoms with E-state index in [4.69, 9.17) is 4.74 Å². The molecule has 1 N–H and O–H groups in total. The van der Waals surface area contributed by atoms with Crippen LogP contribution in [0.25, 0.3) is 0 Å². The molecule has 0 bridgehead atoms. The summed E-state index contributed by atoms with van der Waals surface area (Å²) in [6.45, 7) is 4.11. The second kappa shape index (κ2) is 10.7. The lowest BCUT2D eigenvalue weighted by atomic mass is 9.90. The van der Waals surface area contributed by atoms with E-state index in [-0.39, 0.29) is 6.10 Å². The summed E-state index contributed by atoms with van der Waals surface area (Å²) in [6.07, 6.45) is 7.31. The van der Waals surface area contributed by atoms with Gasteiger partial charge in [0.2, 0.25) is 0 Å². The van der Waals surface area contributed by atoms with Gasteiger partial charge >= 0.3 is 0 Å². The van der Waals surface area contributed by atoms with Gasteiger partial charge in [0, 0.05) is 35.8 Å². The summed E-state index contributed by atoms with van der Waals surface area (Å²) in [4.78, 5) is 8.14. The number of hydrogen-bond donors (Lipinski definition) is 1. The Bertz CT molecular complexity index is 876. The molecule has 1 fully saturated rings. The maximum absolute atomic E-state index is 6.56. The number of rotatable bonds is 9. The number of hydrogen-bond acceptors (Lipinski definition) is 5. The minimum absolute atomic E-state index is 0.0925. The smallest absolute Gasteiger partial charge is 0.134 e. The molecule has 0 spiro atoms. The summed E-state index contributed by atoms with van der Waals surface area (Å²) >= 11 is 1.77. The Labute approximate surface area is 183 Å². The fraction of sp³-hybridized carbons (Fsp3) is 0.400. The molecule has 0 saturated carbocycles. The summed E-state index contributed by atoms with van der Waals surface area (Å²) in [5.41, 5.74) is 2.66. The molecule has 1 aromatic carbocycles. The third kappa shape index (κ3) is 5.48. The zero-order valence-electron chi connectivity index (χ0n) is 17.7. The molecule has 1 aliphatic rings. The van der Waals surface area contributed by atoms with Crippen LogP contribution in [0.4, 0.5) is 0 Å². The molecule has 1 aliphatic heterocycles. The normalized spacial score (nSPS) is 16.4. The second-order valence-corrected chi connectivity index (χ2v) is 8.94. The number of aromatic nitrogens is 1. The first-order chi connectivity index (χ1) is 14.8. The average molecular weight is 422 g/mol. The zero-order chi connectivity index (χ0) is 20.6. The molecular formula is C25H31N3OS. The van der Waals surface area contributed by atoms with Crippen LogP contribution in [0.3, 0.4) is 0 Å². The van der Waals surface area contributed by atoms with Gasteiger partial charge in [0.15, 0.2) is 0 Å². The van der Waals surface area contributed by atoms with E-state index < -0.39 is 0 Å². The van der Waals surface area contributed by atoms with E-state index in [1.807, 2.05) is 25.5 Å². The molecule has 0 radical (unpaired) electrons. The first kappa shape index (κ1) is 21.0. The number of ether oxygens (including phenoxy) is 1. The van der Waals surface area contributed by atoms with Gasteiger partial charge in [-0.3, -0.25) is 9.88 Å². The van der Waals surface area contributed by atoms with Crippen LogP contribution < -0.4 is 10.1 Å². The second-order valence-electron chi connectivity index (χ2n) is 7.96. The fourth-order valence-electron chi connectivity index (χ4n) is 4.19. The van der Waals surface area contributed by atoms with Crippen LogP contribution in [-0.2, 0) is 6.54 Å². The molecule has 1 saturated heterocycles. The number of nitrogens with one attached hydrogen (secondary N) is 1.